The molecule has 2 rings (SSSR count). The molecule has 1 atom stereocenters. The third-order valence-electron chi connectivity index (χ3n) is 3.18. The Labute approximate surface area is 113 Å². The Hall–Kier alpha value is 0.660. The van der Waals surface area contributed by atoms with Crippen LogP contribution in [0.3, 0.4) is 0 Å². The molecule has 0 amide bonds. The van der Waals surface area contributed by atoms with Crippen LogP contribution in [0.15, 0.2) is 15.9 Å². The number of hydrogen-bond donors (Lipinski definition) is 0. The predicted molar refractivity (Wildman–Crippen MR) is 74.9 cm³/mol. The van der Waals surface area contributed by atoms with Crippen molar-refractivity contribution in [2.45, 2.75) is 43.4 Å². The molecule has 0 N–H and O–H groups in total. The highest BCUT2D eigenvalue weighted by atomic mass is 79.9. The SMILES string of the molecule is Brc1ccc(C(Br)C2CCCCCC2)s1. The lowest BCUT2D eigenvalue weighted by Crippen LogP contribution is -2.05. The molecule has 1 heterocycles. The first-order valence-electron chi connectivity index (χ1n) is 5.66. The number of hydrogen-bond acceptors (Lipinski definition) is 1. The normalized spacial score (nSPS) is 21.2. The van der Waals surface area contributed by atoms with Gasteiger partial charge in [-0.25, -0.2) is 0 Å². The minimum absolute atomic E-state index is 0.576. The van der Waals surface area contributed by atoms with Crippen LogP contribution in [0.5, 0.6) is 0 Å². The Morgan fingerprint density at radius 1 is 1.13 bits per heavy atom. The molecule has 0 bridgehead atoms. The van der Waals surface area contributed by atoms with Crippen molar-refractivity contribution in [3.63, 3.8) is 0 Å². The van der Waals surface area contributed by atoms with Crippen LogP contribution in [0, 0.1) is 5.92 Å². The summed E-state index contributed by atoms with van der Waals surface area (Å²) >= 11 is 9.29. The molecule has 0 aromatic carbocycles. The summed E-state index contributed by atoms with van der Waals surface area (Å²) in [7, 11) is 0. The second-order valence-corrected chi connectivity index (χ2v) is 7.78. The summed E-state index contributed by atoms with van der Waals surface area (Å²) in [6, 6.07) is 4.41. The van der Waals surface area contributed by atoms with Gasteiger partial charge in [-0.3, -0.25) is 0 Å². The molecular formula is C12H16Br2S. The van der Waals surface area contributed by atoms with Gasteiger partial charge < -0.3 is 0 Å². The van der Waals surface area contributed by atoms with Gasteiger partial charge in [-0.05, 0) is 46.8 Å². The minimum atomic E-state index is 0.576. The lowest BCUT2D eigenvalue weighted by atomic mass is 9.96. The first-order valence-corrected chi connectivity index (χ1v) is 8.19. The van der Waals surface area contributed by atoms with E-state index in [0.717, 1.165) is 5.92 Å². The quantitative estimate of drug-likeness (QED) is 0.458. The summed E-state index contributed by atoms with van der Waals surface area (Å²) in [6.45, 7) is 0. The highest BCUT2D eigenvalue weighted by Gasteiger charge is 2.22. The molecule has 1 fully saturated rings. The van der Waals surface area contributed by atoms with Crippen molar-refractivity contribution < 1.29 is 0 Å². The number of thiophene rings is 1. The van der Waals surface area contributed by atoms with Gasteiger partial charge in [0.2, 0.25) is 0 Å². The summed E-state index contributed by atoms with van der Waals surface area (Å²) in [5.41, 5.74) is 0. The molecule has 84 valence electrons. The van der Waals surface area contributed by atoms with E-state index in [9.17, 15) is 0 Å². The largest absolute Gasteiger partial charge is 0.132 e. The fourth-order valence-corrected chi connectivity index (χ4v) is 4.77. The third-order valence-corrected chi connectivity index (χ3v) is 6.43. The number of halogens is 2. The van der Waals surface area contributed by atoms with Gasteiger partial charge in [0.15, 0.2) is 0 Å². The molecule has 0 aliphatic heterocycles. The van der Waals surface area contributed by atoms with Gasteiger partial charge in [0.25, 0.3) is 0 Å². The van der Waals surface area contributed by atoms with Gasteiger partial charge in [-0.1, -0.05) is 41.6 Å². The van der Waals surface area contributed by atoms with Gasteiger partial charge in [0.05, 0.1) is 8.61 Å². The smallest absolute Gasteiger partial charge is 0.0701 e. The lowest BCUT2D eigenvalue weighted by molar-refractivity contribution is 0.457. The number of rotatable bonds is 2. The molecule has 1 aromatic heterocycles. The minimum Gasteiger partial charge on any atom is -0.132 e. The highest BCUT2D eigenvalue weighted by molar-refractivity contribution is 9.11. The van der Waals surface area contributed by atoms with E-state index >= 15 is 0 Å². The van der Waals surface area contributed by atoms with E-state index in [1.54, 1.807) is 0 Å². The van der Waals surface area contributed by atoms with Gasteiger partial charge in [0.1, 0.15) is 0 Å². The molecule has 0 spiro atoms. The average molecular weight is 352 g/mol. The molecule has 0 radical (unpaired) electrons. The maximum absolute atomic E-state index is 3.89. The topological polar surface area (TPSA) is 0 Å². The predicted octanol–water partition coefficient (Wildman–Crippen LogP) is 5.92. The molecule has 1 aliphatic carbocycles. The second kappa shape index (κ2) is 5.83. The van der Waals surface area contributed by atoms with Gasteiger partial charge >= 0.3 is 0 Å². The van der Waals surface area contributed by atoms with Crippen LogP contribution in [0.2, 0.25) is 0 Å². The van der Waals surface area contributed by atoms with Crippen LogP contribution in [-0.4, -0.2) is 0 Å². The van der Waals surface area contributed by atoms with Crippen LogP contribution in [0.4, 0.5) is 0 Å². The maximum Gasteiger partial charge on any atom is 0.0701 e. The Morgan fingerprint density at radius 3 is 2.33 bits per heavy atom. The standard InChI is InChI=1S/C12H16Br2S/c13-11-8-7-10(15-11)12(14)9-5-3-1-2-4-6-9/h7-9,12H,1-6H2. The second-order valence-electron chi connectivity index (χ2n) is 4.30. The fourth-order valence-electron chi connectivity index (χ4n) is 2.31. The Bertz CT molecular complexity index is 300. The van der Waals surface area contributed by atoms with E-state index < -0.39 is 0 Å². The fraction of sp³-hybridized carbons (Fsp3) is 0.667. The Kier molecular flexibility index (Phi) is 4.71. The molecule has 15 heavy (non-hydrogen) atoms. The van der Waals surface area contributed by atoms with E-state index in [-0.39, 0.29) is 0 Å². The van der Waals surface area contributed by atoms with Crippen LogP contribution in [-0.2, 0) is 0 Å². The molecule has 1 unspecified atom stereocenters. The molecule has 3 heteroatoms. The van der Waals surface area contributed by atoms with Crippen LogP contribution in [0.1, 0.15) is 48.2 Å². The van der Waals surface area contributed by atoms with E-state index in [1.165, 1.54) is 47.2 Å². The van der Waals surface area contributed by atoms with E-state index in [2.05, 4.69) is 44.0 Å². The maximum atomic E-state index is 3.89. The summed E-state index contributed by atoms with van der Waals surface area (Å²) in [6.07, 6.45) is 8.49. The van der Waals surface area contributed by atoms with E-state index in [1.807, 2.05) is 11.3 Å². The zero-order valence-corrected chi connectivity index (χ0v) is 12.7. The van der Waals surface area contributed by atoms with Gasteiger partial charge in [-0.15, -0.1) is 11.3 Å². The molecule has 0 nitrogen and oxygen atoms in total. The Balaban J connectivity index is 2.02. The lowest BCUT2D eigenvalue weighted by Gasteiger charge is -2.19. The van der Waals surface area contributed by atoms with Crippen molar-refractivity contribution in [1.82, 2.24) is 0 Å². The first kappa shape index (κ1) is 12.1. The summed E-state index contributed by atoms with van der Waals surface area (Å²) in [5, 5.41) is 0. The van der Waals surface area contributed by atoms with Crippen LogP contribution in [0.25, 0.3) is 0 Å². The average Bonchev–Trinajstić information content (AvgIpc) is 2.53. The van der Waals surface area contributed by atoms with Gasteiger partial charge in [0, 0.05) is 4.88 Å². The van der Waals surface area contributed by atoms with Crippen molar-refractivity contribution in [1.29, 1.82) is 0 Å². The molecule has 1 aromatic rings. The van der Waals surface area contributed by atoms with Crippen molar-refractivity contribution in [3.8, 4) is 0 Å². The molecule has 1 saturated carbocycles. The van der Waals surface area contributed by atoms with Gasteiger partial charge in [-0.2, -0.15) is 0 Å². The highest BCUT2D eigenvalue weighted by Crippen LogP contribution is 2.42. The van der Waals surface area contributed by atoms with Crippen LogP contribution < -0.4 is 0 Å². The summed E-state index contributed by atoms with van der Waals surface area (Å²) < 4.78 is 1.25. The third kappa shape index (κ3) is 3.31. The monoisotopic (exact) mass is 350 g/mol. The number of alkyl halides is 1. The Morgan fingerprint density at radius 2 is 1.80 bits per heavy atom. The summed E-state index contributed by atoms with van der Waals surface area (Å²) in [4.78, 5) is 2.06. The van der Waals surface area contributed by atoms with Crippen molar-refractivity contribution in [3.05, 3.63) is 20.8 Å². The first-order chi connectivity index (χ1) is 7.27. The molecule has 0 saturated heterocycles. The van der Waals surface area contributed by atoms with E-state index in [0.29, 0.717) is 4.83 Å². The zero-order chi connectivity index (χ0) is 10.7. The van der Waals surface area contributed by atoms with Crippen molar-refractivity contribution in [2.24, 2.45) is 5.92 Å². The van der Waals surface area contributed by atoms with Crippen molar-refractivity contribution in [2.75, 3.05) is 0 Å². The zero-order valence-electron chi connectivity index (χ0n) is 8.72. The van der Waals surface area contributed by atoms with Crippen molar-refractivity contribution >= 4 is 43.2 Å². The molecular weight excluding hydrogens is 336 g/mol. The molecule has 1 aliphatic rings. The van der Waals surface area contributed by atoms with E-state index in [4.69, 9.17) is 0 Å². The van der Waals surface area contributed by atoms with Crippen LogP contribution >= 0.6 is 43.2 Å². The summed E-state index contributed by atoms with van der Waals surface area (Å²) in [5.74, 6) is 0.845.